The maximum Gasteiger partial charge on any atom is 0.310 e. The van der Waals surface area contributed by atoms with Gasteiger partial charge in [0.05, 0.1) is 0 Å². The van der Waals surface area contributed by atoms with Crippen LogP contribution in [0.5, 0.6) is 11.5 Å². The molecule has 0 amide bonds. The summed E-state index contributed by atoms with van der Waals surface area (Å²) in [4.78, 5) is 0.226. The van der Waals surface area contributed by atoms with Gasteiger partial charge in [0, 0.05) is 0 Å². The fraction of sp³-hybridized carbons (Fsp3) is 0. The van der Waals surface area contributed by atoms with Crippen LogP contribution in [0.3, 0.4) is 0 Å². The van der Waals surface area contributed by atoms with Gasteiger partial charge in [-0.15, -0.1) is 0 Å². The van der Waals surface area contributed by atoms with Gasteiger partial charge in [-0.3, -0.25) is 0 Å². The number of hydrogen-bond donors (Lipinski definition) is 0. The summed E-state index contributed by atoms with van der Waals surface area (Å²) in [6.07, 6.45) is 0. The van der Waals surface area contributed by atoms with Crippen LogP contribution in [0.1, 0.15) is 0 Å². The van der Waals surface area contributed by atoms with Crippen LogP contribution in [0.15, 0.2) is 92.4 Å². The fourth-order valence-corrected chi connectivity index (χ4v) is 5.58. The standard InChI is InChI=1S/C18H12F5OS2/c19-26(20,21,22,23)14-11-9-13(10-12-14)25-17-7-3-1-5-15(17)24-16-6-2-4-8-18(16)25/h1-12H/q+1. The molecule has 1 heterocycles. The molecule has 136 valence electrons. The van der Waals surface area contributed by atoms with Crippen LogP contribution in [-0.2, 0) is 10.9 Å². The first-order valence-electron chi connectivity index (χ1n) is 7.47. The Morgan fingerprint density at radius 3 is 1.54 bits per heavy atom. The highest BCUT2D eigenvalue weighted by atomic mass is 32.5. The van der Waals surface area contributed by atoms with Crippen molar-refractivity contribution in [2.75, 3.05) is 0 Å². The Bertz CT molecular complexity index is 955. The molecule has 26 heavy (non-hydrogen) atoms. The summed E-state index contributed by atoms with van der Waals surface area (Å²) >= 11 is 0. The number of ether oxygens (including phenoxy) is 1. The van der Waals surface area contributed by atoms with Crippen LogP contribution >= 0.6 is 10.2 Å². The summed E-state index contributed by atoms with van der Waals surface area (Å²) in [5, 5.41) is 0. The van der Waals surface area contributed by atoms with Gasteiger partial charge in [0.15, 0.2) is 16.4 Å². The summed E-state index contributed by atoms with van der Waals surface area (Å²) in [5.41, 5.74) is 0. The molecule has 0 saturated carbocycles. The lowest BCUT2D eigenvalue weighted by molar-refractivity contribution is 0.364. The van der Waals surface area contributed by atoms with Crippen molar-refractivity contribution in [1.29, 1.82) is 0 Å². The molecule has 3 aromatic carbocycles. The van der Waals surface area contributed by atoms with Crippen molar-refractivity contribution in [2.24, 2.45) is 0 Å². The smallest absolute Gasteiger partial charge is 0.310 e. The van der Waals surface area contributed by atoms with Gasteiger partial charge in [-0.2, -0.15) is 0 Å². The second-order valence-corrected chi connectivity index (χ2v) is 10.1. The number of hydrogen-bond acceptors (Lipinski definition) is 1. The third kappa shape index (κ3) is 3.03. The summed E-state index contributed by atoms with van der Waals surface area (Å²) in [6.45, 7) is 0. The van der Waals surface area contributed by atoms with Gasteiger partial charge in [-0.1, -0.05) is 43.7 Å². The molecule has 0 saturated heterocycles. The third-order valence-electron chi connectivity index (χ3n) is 3.86. The van der Waals surface area contributed by atoms with Gasteiger partial charge in [0.2, 0.25) is 9.79 Å². The summed E-state index contributed by atoms with van der Waals surface area (Å²) in [7, 11) is -10.4. The van der Waals surface area contributed by atoms with E-state index in [1.54, 1.807) is 36.4 Å². The van der Waals surface area contributed by atoms with Crippen molar-refractivity contribution in [3.8, 4) is 11.5 Å². The Hall–Kier alpha value is -2.19. The maximum atomic E-state index is 13.0. The van der Waals surface area contributed by atoms with Crippen molar-refractivity contribution in [3.63, 3.8) is 0 Å². The van der Waals surface area contributed by atoms with Crippen LogP contribution < -0.4 is 4.74 Å². The molecule has 0 unspecified atom stereocenters. The van der Waals surface area contributed by atoms with Gasteiger partial charge in [0.25, 0.3) is 0 Å². The molecule has 0 N–H and O–H groups in total. The molecule has 4 rings (SSSR count). The molecule has 1 aliphatic rings. The van der Waals surface area contributed by atoms with Gasteiger partial charge < -0.3 is 4.74 Å². The number of rotatable bonds is 2. The highest BCUT2D eigenvalue weighted by Gasteiger charge is 2.65. The molecule has 8 heteroatoms. The second kappa shape index (κ2) is 4.95. The van der Waals surface area contributed by atoms with Gasteiger partial charge in [-0.25, -0.2) is 0 Å². The zero-order valence-electron chi connectivity index (χ0n) is 13.0. The third-order valence-corrected chi connectivity index (χ3v) is 7.32. The average Bonchev–Trinajstić information content (AvgIpc) is 2.58. The van der Waals surface area contributed by atoms with Crippen LogP contribution in [0, 0.1) is 0 Å². The fourth-order valence-electron chi connectivity index (χ4n) is 2.73. The first-order chi connectivity index (χ1) is 12.0. The second-order valence-electron chi connectivity index (χ2n) is 5.74. The minimum Gasteiger partial charge on any atom is -0.447 e. The molecule has 0 aromatic heterocycles. The van der Waals surface area contributed by atoms with E-state index in [1.807, 2.05) is 12.1 Å². The normalized spacial score (nSPS) is 16.7. The van der Waals surface area contributed by atoms with Crippen molar-refractivity contribution >= 4 is 21.1 Å². The SMILES string of the molecule is FS(F)(F)(F)(F)c1ccc([S+]2c3ccccc3Oc3ccccc32)cc1. The van der Waals surface area contributed by atoms with E-state index < -0.39 is 26.0 Å². The largest absolute Gasteiger partial charge is 0.447 e. The lowest BCUT2D eigenvalue weighted by atomic mass is 10.3. The Labute approximate surface area is 149 Å². The zero-order valence-corrected chi connectivity index (χ0v) is 14.7. The van der Waals surface area contributed by atoms with Crippen LogP contribution in [-0.4, -0.2) is 0 Å². The number of para-hydroxylation sites is 2. The molecule has 0 radical (unpaired) electrons. The van der Waals surface area contributed by atoms with E-state index in [0.717, 1.165) is 21.9 Å². The first kappa shape index (κ1) is 17.2. The lowest BCUT2D eigenvalue weighted by Gasteiger charge is -2.40. The van der Waals surface area contributed by atoms with E-state index in [2.05, 4.69) is 0 Å². The average molecular weight is 403 g/mol. The van der Waals surface area contributed by atoms with E-state index in [4.69, 9.17) is 4.74 Å². The molecule has 0 aliphatic carbocycles. The number of benzene rings is 3. The molecule has 3 aromatic rings. The molecular weight excluding hydrogens is 391 g/mol. The summed E-state index contributed by atoms with van der Waals surface area (Å²) in [6, 6.07) is 17.6. The summed E-state index contributed by atoms with van der Waals surface area (Å²) < 4.78 is 70.8. The Kier molecular flexibility index (Phi) is 3.28. The minimum atomic E-state index is -9.68. The highest BCUT2D eigenvalue weighted by Crippen LogP contribution is 3.02. The predicted octanol–water partition coefficient (Wildman–Crippen LogP) is 7.55. The first-order valence-corrected chi connectivity index (χ1v) is 10.6. The van der Waals surface area contributed by atoms with Crippen LogP contribution in [0.4, 0.5) is 19.4 Å². The predicted molar refractivity (Wildman–Crippen MR) is 93.0 cm³/mol. The van der Waals surface area contributed by atoms with E-state index >= 15 is 0 Å². The number of halogens is 5. The van der Waals surface area contributed by atoms with Crippen molar-refractivity contribution in [3.05, 3.63) is 72.8 Å². The van der Waals surface area contributed by atoms with Gasteiger partial charge >= 0.3 is 10.2 Å². The zero-order chi connectivity index (χ0) is 18.6. The molecule has 0 bridgehead atoms. The molecule has 0 atom stereocenters. The van der Waals surface area contributed by atoms with E-state index in [-0.39, 0.29) is 0 Å². The van der Waals surface area contributed by atoms with Gasteiger partial charge in [-0.05, 0) is 48.5 Å². The van der Waals surface area contributed by atoms with Crippen molar-refractivity contribution in [1.82, 2.24) is 0 Å². The summed E-state index contributed by atoms with van der Waals surface area (Å²) in [5.74, 6) is 1.21. The molecular formula is C18H12F5OS2+. The highest BCUT2D eigenvalue weighted by molar-refractivity contribution is 8.45. The minimum absolute atomic E-state index is 0.463. The Morgan fingerprint density at radius 2 is 1.08 bits per heavy atom. The maximum absolute atomic E-state index is 13.0. The van der Waals surface area contributed by atoms with Gasteiger partial charge in [0.1, 0.15) is 15.8 Å². The quantitative estimate of drug-likeness (QED) is 0.248. The molecule has 1 nitrogen and oxygen atoms in total. The monoisotopic (exact) mass is 403 g/mol. The van der Waals surface area contributed by atoms with E-state index in [1.165, 1.54) is 0 Å². The molecule has 0 spiro atoms. The van der Waals surface area contributed by atoms with Crippen LogP contribution in [0.2, 0.25) is 0 Å². The van der Waals surface area contributed by atoms with Crippen molar-refractivity contribution < 1.29 is 24.2 Å². The Balaban J connectivity index is 1.87. The van der Waals surface area contributed by atoms with E-state index in [9.17, 15) is 19.4 Å². The van der Waals surface area contributed by atoms with E-state index in [0.29, 0.717) is 28.5 Å². The molecule has 0 fully saturated rings. The topological polar surface area (TPSA) is 9.23 Å². The van der Waals surface area contributed by atoms with Crippen LogP contribution in [0.25, 0.3) is 0 Å². The van der Waals surface area contributed by atoms with Crippen molar-refractivity contribution in [2.45, 2.75) is 19.6 Å². The number of fused-ring (bicyclic) bond motifs is 2. The Morgan fingerprint density at radius 1 is 0.615 bits per heavy atom. The molecule has 1 aliphatic heterocycles. The lowest BCUT2D eigenvalue weighted by Crippen LogP contribution is -2.13.